The molecule has 1 heterocycles. The van der Waals surface area contributed by atoms with E-state index >= 15 is 0 Å². The monoisotopic (exact) mass is 576 g/mol. The first-order chi connectivity index (χ1) is 20.8. The Balaban J connectivity index is 1.63. The van der Waals surface area contributed by atoms with Crippen LogP contribution in [-0.4, -0.2) is 15.7 Å². The van der Waals surface area contributed by atoms with E-state index in [4.69, 9.17) is 8.85 Å². The van der Waals surface area contributed by atoms with E-state index in [2.05, 4.69) is 182 Å². The second-order valence-electron chi connectivity index (χ2n) is 10.7. The van der Waals surface area contributed by atoms with Crippen LogP contribution in [0.15, 0.2) is 182 Å². The summed E-state index contributed by atoms with van der Waals surface area (Å²) in [6.45, 7) is 0. The van der Waals surface area contributed by atoms with E-state index in [-0.39, 0.29) is 12.2 Å². The van der Waals surface area contributed by atoms with Crippen LogP contribution in [0.5, 0.6) is 0 Å². The predicted molar refractivity (Wildman–Crippen MR) is 176 cm³/mol. The minimum atomic E-state index is -3.20. The van der Waals surface area contributed by atoms with Crippen LogP contribution in [0.25, 0.3) is 0 Å². The molecule has 0 amide bonds. The lowest BCUT2D eigenvalue weighted by Gasteiger charge is -2.55. The molecule has 2 nitrogen and oxygen atoms in total. The van der Waals surface area contributed by atoms with Gasteiger partial charge in [0.1, 0.15) is 12.2 Å². The van der Waals surface area contributed by atoms with E-state index in [1.54, 1.807) is 0 Å². The average Bonchev–Trinajstić information content (AvgIpc) is 3.10. The molecule has 1 fully saturated rings. The fraction of sp³-hybridized carbons (Fsp3) is 0.0526. The molecule has 1 saturated heterocycles. The highest BCUT2D eigenvalue weighted by Crippen LogP contribution is 2.46. The highest BCUT2D eigenvalue weighted by molar-refractivity contribution is 7.55. The first-order valence-electron chi connectivity index (χ1n) is 14.5. The molecule has 0 aromatic heterocycles. The highest BCUT2D eigenvalue weighted by Gasteiger charge is 2.69. The molecule has 0 radical (unpaired) electrons. The third-order valence-electron chi connectivity index (χ3n) is 8.36. The van der Waals surface area contributed by atoms with Crippen molar-refractivity contribution in [1.29, 1.82) is 0 Å². The molecule has 0 bridgehead atoms. The minimum Gasteiger partial charge on any atom is -0.397 e. The smallest absolute Gasteiger partial charge is 0.283 e. The van der Waals surface area contributed by atoms with E-state index in [0.717, 1.165) is 11.1 Å². The molecule has 1 aliphatic rings. The van der Waals surface area contributed by atoms with Crippen molar-refractivity contribution in [3.63, 3.8) is 0 Å². The predicted octanol–water partition coefficient (Wildman–Crippen LogP) is 6.11. The Kier molecular flexibility index (Phi) is 7.28. The summed E-state index contributed by atoms with van der Waals surface area (Å²) in [5.41, 5.74) is 2.25. The van der Waals surface area contributed by atoms with E-state index in [9.17, 15) is 0 Å². The van der Waals surface area contributed by atoms with Gasteiger partial charge in [-0.25, -0.2) is 0 Å². The van der Waals surface area contributed by atoms with Crippen LogP contribution in [0.3, 0.4) is 0 Å². The molecular formula is C38H32O2Si2. The summed E-state index contributed by atoms with van der Waals surface area (Å²) in [7, 11) is -6.40. The zero-order valence-corrected chi connectivity index (χ0v) is 25.3. The van der Waals surface area contributed by atoms with Crippen molar-refractivity contribution in [2.24, 2.45) is 0 Å². The molecule has 204 valence electrons. The van der Waals surface area contributed by atoms with Gasteiger partial charge in [0.05, 0.1) is 0 Å². The average molecular weight is 577 g/mol. The summed E-state index contributed by atoms with van der Waals surface area (Å²) in [6.07, 6.45) is -0.595. The largest absolute Gasteiger partial charge is 0.397 e. The van der Waals surface area contributed by atoms with Crippen LogP contribution in [0, 0.1) is 0 Å². The van der Waals surface area contributed by atoms with Crippen LogP contribution in [0.1, 0.15) is 23.3 Å². The normalized spacial score (nSPS) is 19.1. The van der Waals surface area contributed by atoms with Gasteiger partial charge in [-0.1, -0.05) is 182 Å². The summed E-state index contributed by atoms with van der Waals surface area (Å²) in [5.74, 6) is 0. The summed E-state index contributed by atoms with van der Waals surface area (Å²) in [6, 6.07) is 64.9. The lowest BCUT2D eigenvalue weighted by Crippen LogP contribution is -2.90. The van der Waals surface area contributed by atoms with Gasteiger partial charge >= 0.3 is 0 Å². The van der Waals surface area contributed by atoms with E-state index in [0.29, 0.717) is 0 Å². The number of benzene rings is 6. The van der Waals surface area contributed by atoms with Gasteiger partial charge in [0, 0.05) is 0 Å². The molecular weight excluding hydrogens is 545 g/mol. The zero-order valence-electron chi connectivity index (χ0n) is 23.3. The van der Waals surface area contributed by atoms with Crippen molar-refractivity contribution >= 4 is 36.4 Å². The Morgan fingerprint density at radius 2 is 0.500 bits per heavy atom. The SMILES string of the molecule is c1ccc([C@H]2O[Si](c3ccccc3)(c3ccccc3)[Si](c3ccccc3)(c3ccccc3)O[C@H]2c2ccccc2)cc1. The van der Waals surface area contributed by atoms with E-state index < -0.39 is 15.7 Å². The van der Waals surface area contributed by atoms with Crippen LogP contribution in [0.4, 0.5) is 0 Å². The molecule has 42 heavy (non-hydrogen) atoms. The van der Waals surface area contributed by atoms with Crippen LogP contribution >= 0.6 is 0 Å². The third kappa shape index (κ3) is 4.41. The number of hydrogen-bond donors (Lipinski definition) is 0. The maximum Gasteiger partial charge on any atom is 0.283 e. The molecule has 0 unspecified atom stereocenters. The number of rotatable bonds is 6. The molecule has 1 aliphatic heterocycles. The van der Waals surface area contributed by atoms with E-state index in [1.807, 2.05) is 0 Å². The Bertz CT molecular complexity index is 1500. The van der Waals surface area contributed by atoms with Gasteiger partial charge < -0.3 is 8.85 Å². The Morgan fingerprint density at radius 3 is 0.738 bits per heavy atom. The Hall–Kier alpha value is -4.33. The standard InChI is InChI=1S/C38H32O2Si2/c1-7-19-31(20-8-1)37-38(32-21-9-2-10-22-32)40-42(35-27-15-5-16-28-35,36-29-17-6-18-30-36)41(39-37,33-23-11-3-12-24-33)34-25-13-4-14-26-34/h1-30,37-38H/t37-,38+. The molecule has 6 aromatic carbocycles. The van der Waals surface area contributed by atoms with Crippen LogP contribution in [-0.2, 0) is 8.85 Å². The molecule has 2 atom stereocenters. The Labute approximate surface area is 249 Å². The van der Waals surface area contributed by atoms with Gasteiger partial charge in [-0.05, 0) is 31.9 Å². The highest BCUT2D eigenvalue weighted by atomic mass is 29.3. The van der Waals surface area contributed by atoms with Gasteiger partial charge in [-0.15, -0.1) is 0 Å². The molecule has 0 spiro atoms. The van der Waals surface area contributed by atoms with Crippen molar-refractivity contribution in [2.45, 2.75) is 12.2 Å². The van der Waals surface area contributed by atoms with Gasteiger partial charge in [-0.2, -0.15) is 0 Å². The first kappa shape index (κ1) is 26.6. The maximum atomic E-state index is 8.00. The molecule has 0 aliphatic carbocycles. The topological polar surface area (TPSA) is 18.5 Å². The van der Waals surface area contributed by atoms with Crippen molar-refractivity contribution in [1.82, 2.24) is 0 Å². The number of hydrogen-bond acceptors (Lipinski definition) is 2. The summed E-state index contributed by atoms with van der Waals surface area (Å²) >= 11 is 0. The summed E-state index contributed by atoms with van der Waals surface area (Å²) in [4.78, 5) is 0. The molecule has 4 heteroatoms. The van der Waals surface area contributed by atoms with E-state index in [1.165, 1.54) is 20.7 Å². The van der Waals surface area contributed by atoms with Gasteiger partial charge in [0.2, 0.25) is 0 Å². The fourth-order valence-corrected chi connectivity index (χ4v) is 22.3. The second kappa shape index (κ2) is 11.5. The zero-order chi connectivity index (χ0) is 28.2. The lowest BCUT2D eigenvalue weighted by molar-refractivity contribution is 0.0297. The van der Waals surface area contributed by atoms with Crippen LogP contribution in [0.2, 0.25) is 0 Å². The quantitative estimate of drug-likeness (QED) is 0.223. The fourth-order valence-electron chi connectivity index (χ4n) is 6.55. The summed E-state index contributed by atoms with van der Waals surface area (Å²) < 4.78 is 16.0. The molecule has 7 rings (SSSR count). The molecule has 0 saturated carbocycles. The lowest BCUT2D eigenvalue weighted by atomic mass is 9.98. The van der Waals surface area contributed by atoms with Crippen molar-refractivity contribution < 1.29 is 8.85 Å². The van der Waals surface area contributed by atoms with Crippen LogP contribution < -0.4 is 20.7 Å². The van der Waals surface area contributed by atoms with Crippen molar-refractivity contribution in [2.75, 3.05) is 0 Å². The maximum absolute atomic E-state index is 8.00. The van der Waals surface area contributed by atoms with Gasteiger partial charge in [-0.3, -0.25) is 0 Å². The Morgan fingerprint density at radius 1 is 0.286 bits per heavy atom. The molecule has 6 aromatic rings. The van der Waals surface area contributed by atoms with Crippen molar-refractivity contribution in [3.8, 4) is 0 Å². The minimum absolute atomic E-state index is 0.297. The van der Waals surface area contributed by atoms with Crippen molar-refractivity contribution in [3.05, 3.63) is 193 Å². The molecule has 0 N–H and O–H groups in total. The van der Waals surface area contributed by atoms with Gasteiger partial charge in [0.25, 0.3) is 15.7 Å². The first-order valence-corrected chi connectivity index (χ1v) is 19.3. The summed E-state index contributed by atoms with van der Waals surface area (Å²) in [5, 5.41) is 4.90. The third-order valence-corrected chi connectivity index (χ3v) is 22.3. The second-order valence-corrected chi connectivity index (χ2v) is 20.5. The van der Waals surface area contributed by atoms with Gasteiger partial charge in [0.15, 0.2) is 0 Å².